The quantitative estimate of drug-likeness (QED) is 0.873. The lowest BCUT2D eigenvalue weighted by molar-refractivity contribution is 0.252. The maximum Gasteiger partial charge on any atom is 0.321 e. The summed E-state index contributed by atoms with van der Waals surface area (Å²) in [4.78, 5) is 16.2. The molecule has 0 bridgehead atoms. The summed E-state index contributed by atoms with van der Waals surface area (Å²) in [6, 6.07) is 7.42. The topological polar surface area (TPSA) is 54.0 Å². The van der Waals surface area contributed by atoms with Crippen LogP contribution in [-0.2, 0) is 6.42 Å². The highest BCUT2D eigenvalue weighted by Gasteiger charge is 2.26. The van der Waals surface area contributed by atoms with Crippen LogP contribution in [0.4, 0.5) is 9.93 Å². The van der Waals surface area contributed by atoms with Crippen molar-refractivity contribution in [2.75, 3.05) is 11.9 Å². The van der Waals surface area contributed by atoms with Crippen LogP contribution < -0.4 is 10.6 Å². The number of anilines is 1. The lowest BCUT2D eigenvalue weighted by atomic mass is 10.1. The molecule has 1 saturated carbocycles. The van der Waals surface area contributed by atoms with E-state index in [-0.39, 0.29) is 6.03 Å². The van der Waals surface area contributed by atoms with Crippen molar-refractivity contribution in [3.63, 3.8) is 0 Å². The first-order chi connectivity index (χ1) is 10.2. The molecule has 6 heteroatoms. The third-order valence-electron chi connectivity index (χ3n) is 3.35. The number of carbonyl (C=O) groups excluding carboxylic acids is 1. The van der Waals surface area contributed by atoms with Crippen molar-refractivity contribution in [3.8, 4) is 0 Å². The van der Waals surface area contributed by atoms with Gasteiger partial charge < -0.3 is 5.32 Å². The number of rotatable bonds is 5. The first-order valence-electron chi connectivity index (χ1n) is 6.95. The van der Waals surface area contributed by atoms with Gasteiger partial charge in [0.15, 0.2) is 5.13 Å². The van der Waals surface area contributed by atoms with E-state index in [4.69, 9.17) is 11.6 Å². The van der Waals surface area contributed by atoms with E-state index >= 15 is 0 Å². The Bertz CT molecular complexity index is 622. The van der Waals surface area contributed by atoms with Crippen molar-refractivity contribution >= 4 is 34.1 Å². The van der Waals surface area contributed by atoms with Crippen molar-refractivity contribution in [1.29, 1.82) is 0 Å². The summed E-state index contributed by atoms with van der Waals surface area (Å²) in [5.74, 6) is 0.616. The van der Waals surface area contributed by atoms with E-state index in [0.717, 1.165) is 22.7 Å². The van der Waals surface area contributed by atoms with Crippen LogP contribution in [0.5, 0.6) is 0 Å². The Hall–Kier alpha value is -1.59. The molecular formula is C15H16ClN3OS. The average Bonchev–Trinajstić information content (AvgIpc) is 3.22. The number of amides is 2. The number of carbonyl (C=O) groups is 1. The van der Waals surface area contributed by atoms with Gasteiger partial charge in [-0.1, -0.05) is 23.7 Å². The Morgan fingerprint density at radius 2 is 2.10 bits per heavy atom. The number of benzene rings is 1. The molecule has 4 nitrogen and oxygen atoms in total. The fourth-order valence-corrected chi connectivity index (χ4v) is 2.94. The van der Waals surface area contributed by atoms with Crippen LogP contribution in [0.25, 0.3) is 0 Å². The zero-order valence-electron chi connectivity index (χ0n) is 11.4. The van der Waals surface area contributed by atoms with Gasteiger partial charge in [-0.05, 0) is 37.0 Å². The molecule has 1 aromatic carbocycles. The van der Waals surface area contributed by atoms with Gasteiger partial charge in [-0.3, -0.25) is 5.32 Å². The predicted octanol–water partition coefficient (Wildman–Crippen LogP) is 4.04. The SMILES string of the molecule is O=C(NCCc1ccc(Cl)cc1)Nc1nc(C2CC2)cs1. The molecule has 0 saturated heterocycles. The molecular weight excluding hydrogens is 306 g/mol. The summed E-state index contributed by atoms with van der Waals surface area (Å²) >= 11 is 7.31. The standard InChI is InChI=1S/C15H16ClN3OS/c16-12-5-1-10(2-6-12)7-8-17-14(20)19-15-18-13(9-21-15)11-3-4-11/h1-2,5-6,9,11H,3-4,7-8H2,(H2,17,18,19,20). The monoisotopic (exact) mass is 321 g/mol. The summed E-state index contributed by atoms with van der Waals surface area (Å²) in [7, 11) is 0. The van der Waals surface area contributed by atoms with Gasteiger partial charge in [-0.25, -0.2) is 9.78 Å². The Kier molecular flexibility index (Phi) is 4.41. The molecule has 2 aromatic rings. The smallest absolute Gasteiger partial charge is 0.321 e. The highest BCUT2D eigenvalue weighted by molar-refractivity contribution is 7.13. The molecule has 21 heavy (non-hydrogen) atoms. The molecule has 1 aliphatic rings. The summed E-state index contributed by atoms with van der Waals surface area (Å²) < 4.78 is 0. The molecule has 0 atom stereocenters. The van der Waals surface area contributed by atoms with Crippen LogP contribution in [0, 0.1) is 0 Å². The second kappa shape index (κ2) is 6.45. The fraction of sp³-hybridized carbons (Fsp3) is 0.333. The molecule has 0 radical (unpaired) electrons. The summed E-state index contributed by atoms with van der Waals surface area (Å²) in [5, 5.41) is 9.03. The van der Waals surface area contributed by atoms with Crippen LogP contribution in [0.2, 0.25) is 5.02 Å². The number of halogens is 1. The minimum Gasteiger partial charge on any atom is -0.337 e. The largest absolute Gasteiger partial charge is 0.337 e. The van der Waals surface area contributed by atoms with E-state index in [0.29, 0.717) is 17.6 Å². The number of aromatic nitrogens is 1. The van der Waals surface area contributed by atoms with Crippen molar-refractivity contribution in [1.82, 2.24) is 10.3 Å². The molecule has 1 aromatic heterocycles. The Morgan fingerprint density at radius 1 is 1.33 bits per heavy atom. The van der Waals surface area contributed by atoms with Crippen LogP contribution >= 0.6 is 22.9 Å². The third kappa shape index (κ3) is 4.19. The van der Waals surface area contributed by atoms with Gasteiger partial charge in [-0.2, -0.15) is 0 Å². The van der Waals surface area contributed by atoms with E-state index in [9.17, 15) is 4.79 Å². The summed E-state index contributed by atoms with van der Waals surface area (Å²) in [6.45, 7) is 0.578. The van der Waals surface area contributed by atoms with Gasteiger partial charge in [0.25, 0.3) is 0 Å². The predicted molar refractivity (Wildman–Crippen MR) is 86.3 cm³/mol. The fourth-order valence-electron chi connectivity index (χ4n) is 2.02. The minimum atomic E-state index is -0.208. The molecule has 110 valence electrons. The lowest BCUT2D eigenvalue weighted by Crippen LogP contribution is -2.30. The molecule has 3 rings (SSSR count). The molecule has 1 heterocycles. The molecule has 2 N–H and O–H groups in total. The zero-order valence-corrected chi connectivity index (χ0v) is 13.0. The number of nitrogens with zero attached hydrogens (tertiary/aromatic N) is 1. The van der Waals surface area contributed by atoms with Crippen LogP contribution in [0.3, 0.4) is 0 Å². The summed E-state index contributed by atoms with van der Waals surface area (Å²) in [6.07, 6.45) is 3.21. The Balaban J connectivity index is 1.42. The maximum absolute atomic E-state index is 11.8. The van der Waals surface area contributed by atoms with Gasteiger partial charge in [0, 0.05) is 22.9 Å². The van der Waals surface area contributed by atoms with E-state index in [2.05, 4.69) is 15.6 Å². The molecule has 1 aliphatic carbocycles. The molecule has 0 aliphatic heterocycles. The normalized spacial score (nSPS) is 14.0. The first-order valence-corrected chi connectivity index (χ1v) is 8.21. The molecule has 2 amide bonds. The van der Waals surface area contributed by atoms with Crippen LogP contribution in [0.1, 0.15) is 30.0 Å². The van der Waals surface area contributed by atoms with Gasteiger partial charge in [-0.15, -0.1) is 11.3 Å². The summed E-state index contributed by atoms with van der Waals surface area (Å²) in [5.41, 5.74) is 2.25. The van der Waals surface area contributed by atoms with Gasteiger partial charge >= 0.3 is 6.03 Å². The highest BCUT2D eigenvalue weighted by atomic mass is 35.5. The number of nitrogens with one attached hydrogen (secondary N) is 2. The number of hydrogen-bond donors (Lipinski definition) is 2. The van der Waals surface area contributed by atoms with E-state index in [1.165, 1.54) is 24.2 Å². The molecule has 1 fully saturated rings. The average molecular weight is 322 g/mol. The van der Waals surface area contributed by atoms with E-state index in [1.807, 2.05) is 29.6 Å². The Labute approximate surface area is 132 Å². The second-order valence-corrected chi connectivity index (χ2v) is 6.40. The second-order valence-electron chi connectivity index (χ2n) is 5.11. The van der Waals surface area contributed by atoms with Crippen molar-refractivity contribution in [2.24, 2.45) is 0 Å². The van der Waals surface area contributed by atoms with Gasteiger partial charge in [0.05, 0.1) is 5.69 Å². The number of hydrogen-bond acceptors (Lipinski definition) is 3. The third-order valence-corrected chi connectivity index (χ3v) is 4.38. The van der Waals surface area contributed by atoms with Crippen LogP contribution in [-0.4, -0.2) is 17.6 Å². The minimum absolute atomic E-state index is 0.208. The van der Waals surface area contributed by atoms with Crippen LogP contribution in [0.15, 0.2) is 29.6 Å². The lowest BCUT2D eigenvalue weighted by Gasteiger charge is -2.05. The Morgan fingerprint density at radius 3 is 2.81 bits per heavy atom. The van der Waals surface area contributed by atoms with Crippen molar-refractivity contribution in [2.45, 2.75) is 25.2 Å². The van der Waals surface area contributed by atoms with Gasteiger partial charge in [0.2, 0.25) is 0 Å². The highest BCUT2D eigenvalue weighted by Crippen LogP contribution is 2.40. The van der Waals surface area contributed by atoms with Gasteiger partial charge in [0.1, 0.15) is 0 Å². The number of urea groups is 1. The van der Waals surface area contributed by atoms with E-state index < -0.39 is 0 Å². The molecule has 0 unspecified atom stereocenters. The maximum atomic E-state index is 11.8. The molecule has 0 spiro atoms. The first kappa shape index (κ1) is 14.4. The number of thiazole rings is 1. The van der Waals surface area contributed by atoms with Crippen molar-refractivity contribution < 1.29 is 4.79 Å². The zero-order chi connectivity index (χ0) is 14.7. The van der Waals surface area contributed by atoms with E-state index in [1.54, 1.807) is 0 Å². The van der Waals surface area contributed by atoms with Crippen molar-refractivity contribution in [3.05, 3.63) is 45.9 Å².